The highest BCUT2D eigenvalue weighted by Gasteiger charge is 2.51. The molecule has 2 aromatic rings. The van der Waals surface area contributed by atoms with Gasteiger partial charge in [-0.05, 0) is 50.7 Å². The van der Waals surface area contributed by atoms with Crippen molar-refractivity contribution < 1.29 is 9.31 Å². The van der Waals surface area contributed by atoms with Crippen LogP contribution in [0.3, 0.4) is 0 Å². The quantitative estimate of drug-likeness (QED) is 0.770. The molecular formula is C21H27BO2. The summed E-state index contributed by atoms with van der Waals surface area (Å²) in [5.41, 5.74) is 3.19. The molecule has 0 aromatic heterocycles. The lowest BCUT2D eigenvalue weighted by molar-refractivity contribution is 0.00578. The second kappa shape index (κ2) is 6.38. The molecule has 0 amide bonds. The molecule has 24 heavy (non-hydrogen) atoms. The second-order valence-electron chi connectivity index (χ2n) is 7.63. The molecule has 0 saturated carbocycles. The van der Waals surface area contributed by atoms with Crippen molar-refractivity contribution in [3.05, 3.63) is 65.7 Å². The maximum atomic E-state index is 6.14. The molecule has 0 aliphatic carbocycles. The molecule has 0 radical (unpaired) electrons. The lowest BCUT2D eigenvalue weighted by Crippen LogP contribution is -2.41. The van der Waals surface area contributed by atoms with Gasteiger partial charge in [-0.15, -0.1) is 0 Å². The molecule has 1 aliphatic rings. The summed E-state index contributed by atoms with van der Waals surface area (Å²) in [4.78, 5) is 0. The van der Waals surface area contributed by atoms with Gasteiger partial charge in [0.15, 0.2) is 0 Å². The molecule has 1 atom stereocenters. The van der Waals surface area contributed by atoms with Crippen LogP contribution in [0.25, 0.3) is 0 Å². The number of hydrogen-bond acceptors (Lipinski definition) is 2. The molecule has 0 bridgehead atoms. The summed E-state index contributed by atoms with van der Waals surface area (Å²) in [6.45, 7) is 10.6. The Morgan fingerprint density at radius 1 is 0.792 bits per heavy atom. The molecule has 1 aliphatic heterocycles. The van der Waals surface area contributed by atoms with Gasteiger partial charge in [0, 0.05) is 5.92 Å². The predicted molar refractivity (Wildman–Crippen MR) is 101 cm³/mol. The molecule has 2 aromatic carbocycles. The smallest absolute Gasteiger partial charge is 0.399 e. The molecule has 1 fully saturated rings. The van der Waals surface area contributed by atoms with Crippen LogP contribution in [0.1, 0.15) is 58.1 Å². The number of benzene rings is 2. The summed E-state index contributed by atoms with van der Waals surface area (Å²) in [5, 5.41) is 0. The maximum absolute atomic E-state index is 6.14. The van der Waals surface area contributed by atoms with E-state index in [1.807, 2.05) is 0 Å². The summed E-state index contributed by atoms with van der Waals surface area (Å²) >= 11 is 0. The molecule has 126 valence electrons. The average Bonchev–Trinajstić information content (AvgIpc) is 2.78. The van der Waals surface area contributed by atoms with Gasteiger partial charge in [0.1, 0.15) is 0 Å². The predicted octanol–water partition coefficient (Wildman–Crippen LogP) is 4.53. The van der Waals surface area contributed by atoms with Gasteiger partial charge in [0.2, 0.25) is 0 Å². The monoisotopic (exact) mass is 322 g/mol. The van der Waals surface area contributed by atoms with Crippen LogP contribution in [-0.2, 0) is 9.31 Å². The van der Waals surface area contributed by atoms with Crippen molar-refractivity contribution in [2.24, 2.45) is 0 Å². The molecule has 3 heteroatoms. The molecule has 2 nitrogen and oxygen atoms in total. The first-order valence-electron chi connectivity index (χ1n) is 8.84. The first-order chi connectivity index (χ1) is 11.3. The zero-order valence-corrected chi connectivity index (χ0v) is 15.4. The van der Waals surface area contributed by atoms with Crippen molar-refractivity contribution in [1.82, 2.24) is 0 Å². The van der Waals surface area contributed by atoms with Crippen LogP contribution < -0.4 is 5.46 Å². The highest BCUT2D eigenvalue weighted by atomic mass is 16.7. The molecule has 0 spiro atoms. The van der Waals surface area contributed by atoms with E-state index in [4.69, 9.17) is 9.31 Å². The van der Waals surface area contributed by atoms with Gasteiger partial charge in [0.05, 0.1) is 11.2 Å². The van der Waals surface area contributed by atoms with E-state index in [0.29, 0.717) is 5.92 Å². The Balaban J connectivity index is 1.81. The molecule has 1 heterocycles. The van der Waals surface area contributed by atoms with Crippen LogP contribution in [0.2, 0.25) is 0 Å². The Hall–Kier alpha value is -1.58. The minimum Gasteiger partial charge on any atom is -0.399 e. The topological polar surface area (TPSA) is 18.5 Å². The maximum Gasteiger partial charge on any atom is 0.494 e. The summed E-state index contributed by atoms with van der Waals surface area (Å²) in [6.07, 6.45) is 1.08. The minimum atomic E-state index is -0.299. The van der Waals surface area contributed by atoms with E-state index in [9.17, 15) is 0 Å². The van der Waals surface area contributed by atoms with Gasteiger partial charge >= 0.3 is 7.12 Å². The van der Waals surface area contributed by atoms with Crippen LogP contribution in [0, 0.1) is 0 Å². The van der Waals surface area contributed by atoms with Crippen LogP contribution >= 0.6 is 0 Å². The zero-order valence-electron chi connectivity index (χ0n) is 15.4. The summed E-state index contributed by atoms with van der Waals surface area (Å²) < 4.78 is 12.3. The SMILES string of the molecule is CC[C@H](c1ccccc1)c1ccc(B2OC(C)(C)C(C)(C)O2)cc1. The third-order valence-electron chi connectivity index (χ3n) is 5.47. The van der Waals surface area contributed by atoms with Gasteiger partial charge < -0.3 is 9.31 Å². The molecule has 0 N–H and O–H groups in total. The van der Waals surface area contributed by atoms with Crippen molar-refractivity contribution in [2.75, 3.05) is 0 Å². The molecule has 3 rings (SSSR count). The van der Waals surface area contributed by atoms with Crippen molar-refractivity contribution in [2.45, 2.75) is 58.2 Å². The first kappa shape index (κ1) is 17.3. The van der Waals surface area contributed by atoms with Crippen molar-refractivity contribution in [3.63, 3.8) is 0 Å². The number of hydrogen-bond donors (Lipinski definition) is 0. The van der Waals surface area contributed by atoms with Crippen molar-refractivity contribution in [3.8, 4) is 0 Å². The highest BCUT2D eigenvalue weighted by molar-refractivity contribution is 6.62. The van der Waals surface area contributed by atoms with Gasteiger partial charge in [0.25, 0.3) is 0 Å². The van der Waals surface area contributed by atoms with Crippen LogP contribution in [0.5, 0.6) is 0 Å². The van der Waals surface area contributed by atoms with E-state index in [1.165, 1.54) is 11.1 Å². The van der Waals surface area contributed by atoms with Crippen LogP contribution in [-0.4, -0.2) is 18.3 Å². The first-order valence-corrected chi connectivity index (χ1v) is 8.84. The standard InChI is InChI=1S/C21H27BO2/c1-6-19(16-10-8-7-9-11-16)17-12-14-18(15-13-17)22-23-20(2,3)21(4,5)24-22/h7-15,19H,6H2,1-5H3/t19-/m1/s1. The van der Waals surface area contributed by atoms with E-state index in [0.717, 1.165) is 11.9 Å². The van der Waals surface area contributed by atoms with Gasteiger partial charge in [-0.1, -0.05) is 61.5 Å². The van der Waals surface area contributed by atoms with Crippen LogP contribution in [0.4, 0.5) is 0 Å². The zero-order chi connectivity index (χ0) is 17.4. The van der Waals surface area contributed by atoms with Crippen molar-refractivity contribution in [1.29, 1.82) is 0 Å². The fourth-order valence-corrected chi connectivity index (χ4v) is 3.21. The Bertz CT molecular complexity index is 661. The summed E-state index contributed by atoms with van der Waals surface area (Å²) in [5.74, 6) is 0.429. The van der Waals surface area contributed by atoms with Crippen molar-refractivity contribution >= 4 is 12.6 Å². The number of rotatable bonds is 4. The van der Waals surface area contributed by atoms with Gasteiger partial charge in [-0.2, -0.15) is 0 Å². The third-order valence-corrected chi connectivity index (χ3v) is 5.47. The fourth-order valence-electron chi connectivity index (χ4n) is 3.21. The normalized spacial score (nSPS) is 20.1. The summed E-state index contributed by atoms with van der Waals surface area (Å²) in [6, 6.07) is 19.4. The van der Waals surface area contributed by atoms with Gasteiger partial charge in [-0.25, -0.2) is 0 Å². The Labute approximate surface area is 146 Å². The lowest BCUT2D eigenvalue weighted by Gasteiger charge is -2.32. The second-order valence-corrected chi connectivity index (χ2v) is 7.63. The van der Waals surface area contributed by atoms with E-state index < -0.39 is 0 Å². The third kappa shape index (κ3) is 3.15. The highest BCUT2D eigenvalue weighted by Crippen LogP contribution is 2.36. The Morgan fingerprint density at radius 2 is 1.29 bits per heavy atom. The van der Waals surface area contributed by atoms with E-state index in [-0.39, 0.29) is 18.3 Å². The minimum absolute atomic E-state index is 0.291. The average molecular weight is 322 g/mol. The largest absolute Gasteiger partial charge is 0.494 e. The van der Waals surface area contributed by atoms with E-state index in [1.54, 1.807) is 0 Å². The molecule has 0 unspecified atom stereocenters. The van der Waals surface area contributed by atoms with E-state index >= 15 is 0 Å². The Morgan fingerprint density at radius 3 is 1.79 bits per heavy atom. The van der Waals surface area contributed by atoms with Crippen LogP contribution in [0.15, 0.2) is 54.6 Å². The van der Waals surface area contributed by atoms with Gasteiger partial charge in [-0.3, -0.25) is 0 Å². The fraction of sp³-hybridized carbons (Fsp3) is 0.429. The molecule has 1 saturated heterocycles. The molecular weight excluding hydrogens is 295 g/mol. The lowest BCUT2D eigenvalue weighted by atomic mass is 9.77. The van der Waals surface area contributed by atoms with E-state index in [2.05, 4.69) is 89.2 Å². The summed E-state index contributed by atoms with van der Waals surface area (Å²) in [7, 11) is -0.291. The Kier molecular flexibility index (Phi) is 4.59.